The zero-order valence-electron chi connectivity index (χ0n) is 16.1. The maximum atomic E-state index is 13.7. The van der Waals surface area contributed by atoms with Gasteiger partial charge < -0.3 is 14.8 Å². The first kappa shape index (κ1) is 19.7. The number of nitrogens with one attached hydrogen (secondary N) is 1. The number of imide groups is 1. The van der Waals surface area contributed by atoms with Crippen molar-refractivity contribution in [3.05, 3.63) is 53.3 Å². The summed E-state index contributed by atoms with van der Waals surface area (Å²) in [4.78, 5) is 26.2. The topological polar surface area (TPSA) is 67.9 Å². The van der Waals surface area contributed by atoms with E-state index in [4.69, 9.17) is 9.47 Å². The number of ether oxygens (including phenoxy) is 2. The third-order valence-corrected chi connectivity index (χ3v) is 4.83. The van der Waals surface area contributed by atoms with E-state index in [0.717, 1.165) is 5.56 Å². The lowest BCUT2D eigenvalue weighted by molar-refractivity contribution is -0.138. The van der Waals surface area contributed by atoms with Crippen LogP contribution in [0.15, 0.2) is 36.4 Å². The van der Waals surface area contributed by atoms with Gasteiger partial charge in [-0.25, -0.2) is 4.39 Å². The van der Waals surface area contributed by atoms with Crippen molar-refractivity contribution in [1.82, 2.24) is 4.90 Å². The molecule has 2 aromatic rings. The highest BCUT2D eigenvalue weighted by Crippen LogP contribution is 2.28. The molecule has 2 amide bonds. The van der Waals surface area contributed by atoms with Crippen LogP contribution >= 0.6 is 0 Å². The number of likely N-dealkylation sites (tertiary alicyclic amines) is 1. The predicted molar refractivity (Wildman–Crippen MR) is 103 cm³/mol. The van der Waals surface area contributed by atoms with Crippen molar-refractivity contribution in [2.75, 3.05) is 26.1 Å². The second-order valence-corrected chi connectivity index (χ2v) is 6.69. The van der Waals surface area contributed by atoms with Crippen LogP contribution in [0.3, 0.4) is 0 Å². The minimum absolute atomic E-state index is 0.0558. The molecule has 148 valence electrons. The Bertz CT molecular complexity index is 900. The largest absolute Gasteiger partial charge is 0.493 e. The van der Waals surface area contributed by atoms with E-state index in [0.29, 0.717) is 29.2 Å². The molecule has 3 rings (SSSR count). The summed E-state index contributed by atoms with van der Waals surface area (Å²) < 4.78 is 24.2. The van der Waals surface area contributed by atoms with Gasteiger partial charge >= 0.3 is 0 Å². The molecule has 1 heterocycles. The number of rotatable bonds is 7. The number of carbonyl (C=O) groups excluding carboxylic acids is 2. The van der Waals surface area contributed by atoms with Gasteiger partial charge in [-0.2, -0.15) is 0 Å². The standard InChI is InChI=1S/C21H23FN2O4/c1-13-4-6-15(11-16(13)22)23-17-12-20(25)24(21(17)26)9-8-14-5-7-18(27-2)19(10-14)28-3/h4-7,10-11,17,23H,8-9,12H2,1-3H3/t17-/m0/s1. The number of anilines is 1. The molecule has 1 N–H and O–H groups in total. The Kier molecular flexibility index (Phi) is 5.82. The molecular weight excluding hydrogens is 363 g/mol. The Morgan fingerprint density at radius 1 is 1.11 bits per heavy atom. The van der Waals surface area contributed by atoms with Crippen molar-refractivity contribution < 1.29 is 23.5 Å². The molecule has 7 heteroatoms. The first-order chi connectivity index (χ1) is 13.4. The van der Waals surface area contributed by atoms with Crippen LogP contribution in [-0.4, -0.2) is 43.5 Å². The number of methoxy groups -OCH3 is 2. The number of aryl methyl sites for hydroxylation is 1. The minimum atomic E-state index is -0.681. The quantitative estimate of drug-likeness (QED) is 0.741. The molecule has 0 spiro atoms. The fourth-order valence-corrected chi connectivity index (χ4v) is 3.19. The van der Waals surface area contributed by atoms with E-state index in [-0.39, 0.29) is 30.6 Å². The third-order valence-electron chi connectivity index (χ3n) is 4.83. The van der Waals surface area contributed by atoms with Crippen LogP contribution in [0.1, 0.15) is 17.5 Å². The number of carbonyl (C=O) groups is 2. The van der Waals surface area contributed by atoms with Gasteiger partial charge in [0.25, 0.3) is 5.91 Å². The van der Waals surface area contributed by atoms with Gasteiger partial charge in [-0.3, -0.25) is 14.5 Å². The Labute approximate surface area is 163 Å². The number of nitrogens with zero attached hydrogens (tertiary/aromatic N) is 1. The van der Waals surface area contributed by atoms with Crippen molar-refractivity contribution in [3.63, 3.8) is 0 Å². The lowest BCUT2D eigenvalue weighted by Crippen LogP contribution is -2.36. The van der Waals surface area contributed by atoms with E-state index in [1.807, 2.05) is 12.1 Å². The molecule has 1 aliphatic heterocycles. The average Bonchev–Trinajstić information content (AvgIpc) is 2.95. The molecule has 0 saturated carbocycles. The molecule has 28 heavy (non-hydrogen) atoms. The van der Waals surface area contributed by atoms with E-state index in [2.05, 4.69) is 5.32 Å². The molecular formula is C21H23FN2O4. The monoisotopic (exact) mass is 386 g/mol. The van der Waals surface area contributed by atoms with Crippen LogP contribution in [-0.2, 0) is 16.0 Å². The summed E-state index contributed by atoms with van der Waals surface area (Å²) in [7, 11) is 3.12. The van der Waals surface area contributed by atoms with Crippen LogP contribution in [0.5, 0.6) is 11.5 Å². The Morgan fingerprint density at radius 3 is 2.54 bits per heavy atom. The summed E-state index contributed by atoms with van der Waals surface area (Å²) in [5, 5.41) is 2.96. The zero-order valence-corrected chi connectivity index (χ0v) is 16.1. The maximum Gasteiger partial charge on any atom is 0.252 e. The van der Waals surface area contributed by atoms with Crippen LogP contribution in [0.25, 0.3) is 0 Å². The Balaban J connectivity index is 1.64. The molecule has 0 unspecified atom stereocenters. The lowest BCUT2D eigenvalue weighted by atomic mass is 10.1. The molecule has 2 aromatic carbocycles. The number of amides is 2. The van der Waals surface area contributed by atoms with Crippen LogP contribution < -0.4 is 14.8 Å². The van der Waals surface area contributed by atoms with Crippen LogP contribution in [0.4, 0.5) is 10.1 Å². The van der Waals surface area contributed by atoms with Gasteiger partial charge in [0.05, 0.1) is 20.6 Å². The van der Waals surface area contributed by atoms with Crippen molar-refractivity contribution in [3.8, 4) is 11.5 Å². The second kappa shape index (κ2) is 8.29. The van der Waals surface area contributed by atoms with Crippen LogP contribution in [0, 0.1) is 12.7 Å². The Hall–Kier alpha value is -3.09. The average molecular weight is 386 g/mol. The first-order valence-electron chi connectivity index (χ1n) is 9.00. The van der Waals surface area contributed by atoms with E-state index in [1.165, 1.54) is 11.0 Å². The fourth-order valence-electron chi connectivity index (χ4n) is 3.19. The van der Waals surface area contributed by atoms with Crippen molar-refractivity contribution in [2.45, 2.75) is 25.8 Å². The summed E-state index contributed by atoms with van der Waals surface area (Å²) in [5.74, 6) is 0.322. The fraction of sp³-hybridized carbons (Fsp3) is 0.333. The molecule has 0 aliphatic carbocycles. The van der Waals surface area contributed by atoms with Gasteiger partial charge in [0.15, 0.2) is 11.5 Å². The van der Waals surface area contributed by atoms with Gasteiger partial charge in [-0.15, -0.1) is 0 Å². The van der Waals surface area contributed by atoms with Crippen molar-refractivity contribution in [1.29, 1.82) is 0 Å². The first-order valence-corrected chi connectivity index (χ1v) is 9.00. The third kappa shape index (κ3) is 4.08. The zero-order chi connectivity index (χ0) is 20.3. The van der Waals surface area contributed by atoms with Crippen LogP contribution in [0.2, 0.25) is 0 Å². The molecule has 1 aliphatic rings. The van der Waals surface area contributed by atoms with E-state index >= 15 is 0 Å². The highest BCUT2D eigenvalue weighted by atomic mass is 19.1. The summed E-state index contributed by atoms with van der Waals surface area (Å²) in [5.41, 5.74) is 1.93. The Morgan fingerprint density at radius 2 is 1.86 bits per heavy atom. The van der Waals surface area contributed by atoms with Gasteiger partial charge in [0.2, 0.25) is 5.91 Å². The smallest absolute Gasteiger partial charge is 0.252 e. The van der Waals surface area contributed by atoms with Gasteiger partial charge in [0.1, 0.15) is 11.9 Å². The molecule has 6 nitrogen and oxygen atoms in total. The van der Waals surface area contributed by atoms with Gasteiger partial charge in [-0.05, 0) is 48.7 Å². The normalized spacial score (nSPS) is 16.4. The minimum Gasteiger partial charge on any atom is -0.493 e. The predicted octanol–water partition coefficient (Wildman–Crippen LogP) is 2.93. The number of hydrogen-bond donors (Lipinski definition) is 1. The molecule has 0 radical (unpaired) electrons. The molecule has 1 fully saturated rings. The van der Waals surface area contributed by atoms with Gasteiger partial charge in [-0.1, -0.05) is 12.1 Å². The highest BCUT2D eigenvalue weighted by molar-refractivity contribution is 6.06. The van der Waals surface area contributed by atoms with Gasteiger partial charge in [0, 0.05) is 12.2 Å². The lowest BCUT2D eigenvalue weighted by Gasteiger charge is -2.17. The molecule has 1 saturated heterocycles. The molecule has 0 aromatic heterocycles. The van der Waals surface area contributed by atoms with E-state index in [1.54, 1.807) is 39.3 Å². The number of halogens is 1. The summed E-state index contributed by atoms with van der Waals surface area (Å²) >= 11 is 0. The molecule has 0 bridgehead atoms. The van der Waals surface area contributed by atoms with Crippen molar-refractivity contribution in [2.24, 2.45) is 0 Å². The van der Waals surface area contributed by atoms with E-state index in [9.17, 15) is 14.0 Å². The second-order valence-electron chi connectivity index (χ2n) is 6.69. The maximum absolute atomic E-state index is 13.7. The number of benzene rings is 2. The summed E-state index contributed by atoms with van der Waals surface area (Å²) in [6.45, 7) is 1.94. The SMILES string of the molecule is COc1ccc(CCN2C(=O)C[C@H](Nc3ccc(C)c(F)c3)C2=O)cc1OC. The van der Waals surface area contributed by atoms with E-state index < -0.39 is 6.04 Å². The highest BCUT2D eigenvalue weighted by Gasteiger charge is 2.38. The number of hydrogen-bond acceptors (Lipinski definition) is 5. The summed E-state index contributed by atoms with van der Waals surface area (Å²) in [6.07, 6.45) is 0.560. The molecule has 1 atom stereocenters. The summed E-state index contributed by atoms with van der Waals surface area (Å²) in [6, 6.07) is 9.47. The van der Waals surface area contributed by atoms with Crippen molar-refractivity contribution >= 4 is 17.5 Å².